The molecule has 1 atom stereocenters. The smallest absolute Gasteiger partial charge is 0.158 e. The van der Waals surface area contributed by atoms with Crippen molar-refractivity contribution in [1.29, 1.82) is 0 Å². The Bertz CT molecular complexity index is 233. The van der Waals surface area contributed by atoms with E-state index in [-0.39, 0.29) is 0 Å². The van der Waals surface area contributed by atoms with E-state index in [1.54, 1.807) is 0 Å². The fourth-order valence-electron chi connectivity index (χ4n) is 1.42. The number of likely N-dealkylation sites (N-methyl/N-ethyl adjacent to an activating group) is 1. The maximum Gasteiger partial charge on any atom is 0.158 e. The molecule has 1 N–H and O–H groups in total. The molecule has 66 valence electrons. The van der Waals surface area contributed by atoms with Gasteiger partial charge >= 0.3 is 0 Å². The average Bonchev–Trinajstić information content (AvgIpc) is 2.17. The normalized spacial score (nSPS) is 27.6. The number of rotatable bonds is 1. The van der Waals surface area contributed by atoms with Gasteiger partial charge in [0.15, 0.2) is 11.5 Å². The van der Waals surface area contributed by atoms with Crippen molar-refractivity contribution in [2.75, 3.05) is 20.3 Å². The molecule has 3 nitrogen and oxygen atoms in total. The van der Waals surface area contributed by atoms with Crippen LogP contribution in [0.15, 0.2) is 23.7 Å². The summed E-state index contributed by atoms with van der Waals surface area (Å²) < 4.78 is 10.9. The minimum absolute atomic E-state index is 0.394. The van der Waals surface area contributed by atoms with Crippen LogP contribution in [-0.2, 0) is 9.47 Å². The zero-order chi connectivity index (χ0) is 8.39. The van der Waals surface area contributed by atoms with E-state index < -0.39 is 0 Å². The molecule has 0 aromatic rings. The minimum atomic E-state index is 0.394. The van der Waals surface area contributed by atoms with Gasteiger partial charge in [-0.1, -0.05) is 0 Å². The van der Waals surface area contributed by atoms with Crippen LogP contribution in [0.2, 0.25) is 0 Å². The molecule has 0 bridgehead atoms. The zero-order valence-corrected chi connectivity index (χ0v) is 7.17. The lowest BCUT2D eigenvalue weighted by Crippen LogP contribution is -2.27. The molecule has 0 aromatic carbocycles. The fourth-order valence-corrected chi connectivity index (χ4v) is 1.42. The second kappa shape index (κ2) is 3.19. The quantitative estimate of drug-likeness (QED) is 0.626. The van der Waals surface area contributed by atoms with Gasteiger partial charge in [-0.3, -0.25) is 0 Å². The lowest BCUT2D eigenvalue weighted by Gasteiger charge is -2.25. The van der Waals surface area contributed by atoms with Crippen LogP contribution in [0.5, 0.6) is 0 Å². The highest BCUT2D eigenvalue weighted by molar-refractivity contribution is 5.27. The summed E-state index contributed by atoms with van der Waals surface area (Å²) in [5.74, 6) is 1.81. The van der Waals surface area contributed by atoms with Crippen molar-refractivity contribution in [2.24, 2.45) is 0 Å². The minimum Gasteiger partial charge on any atom is -0.486 e. The van der Waals surface area contributed by atoms with Crippen molar-refractivity contribution in [3.05, 3.63) is 23.7 Å². The summed E-state index contributed by atoms with van der Waals surface area (Å²) in [4.78, 5) is 0. The summed E-state index contributed by atoms with van der Waals surface area (Å²) >= 11 is 0. The van der Waals surface area contributed by atoms with E-state index in [1.165, 1.54) is 0 Å². The Hall–Kier alpha value is -0.960. The highest BCUT2D eigenvalue weighted by Gasteiger charge is 2.19. The summed E-state index contributed by atoms with van der Waals surface area (Å²) in [6.45, 7) is 1.34. The fraction of sp³-hybridized carbons (Fsp3) is 0.556. The van der Waals surface area contributed by atoms with Crippen molar-refractivity contribution < 1.29 is 9.47 Å². The van der Waals surface area contributed by atoms with E-state index in [9.17, 15) is 0 Å². The monoisotopic (exact) mass is 167 g/mol. The molecule has 2 rings (SSSR count). The molecule has 0 amide bonds. The standard InChI is InChI=1S/C9H13NO2/c1-10-7-2-3-8-9(6-7)12-5-4-11-8/h3,6-7,10H,2,4-5H2,1H3. The largest absolute Gasteiger partial charge is 0.486 e. The van der Waals surface area contributed by atoms with Crippen LogP contribution < -0.4 is 5.32 Å². The van der Waals surface area contributed by atoms with Gasteiger partial charge in [0, 0.05) is 6.04 Å². The third kappa shape index (κ3) is 1.32. The summed E-state index contributed by atoms with van der Waals surface area (Å²) in [7, 11) is 1.95. The maximum atomic E-state index is 5.44. The molecule has 1 heterocycles. The van der Waals surface area contributed by atoms with Crippen LogP contribution in [-0.4, -0.2) is 26.3 Å². The molecule has 1 saturated heterocycles. The summed E-state index contributed by atoms with van der Waals surface area (Å²) in [6, 6.07) is 0.394. The van der Waals surface area contributed by atoms with Crippen LogP contribution in [0.1, 0.15) is 6.42 Å². The number of nitrogens with one attached hydrogen (secondary N) is 1. The molecule has 1 aliphatic heterocycles. The molecule has 0 spiro atoms. The summed E-state index contributed by atoms with van der Waals surface area (Å²) in [5, 5.41) is 3.18. The van der Waals surface area contributed by atoms with Crippen LogP contribution >= 0.6 is 0 Å². The lowest BCUT2D eigenvalue weighted by atomic mass is 10.1. The maximum absolute atomic E-state index is 5.44. The van der Waals surface area contributed by atoms with Gasteiger partial charge in [0.1, 0.15) is 13.2 Å². The molecule has 1 fully saturated rings. The van der Waals surface area contributed by atoms with Gasteiger partial charge in [-0.05, 0) is 25.6 Å². The molecule has 0 saturated carbocycles. The third-order valence-corrected chi connectivity index (χ3v) is 2.12. The van der Waals surface area contributed by atoms with Gasteiger partial charge < -0.3 is 14.8 Å². The molecular formula is C9H13NO2. The topological polar surface area (TPSA) is 30.5 Å². The lowest BCUT2D eigenvalue weighted by molar-refractivity contribution is 0.0562. The molecule has 2 aliphatic rings. The van der Waals surface area contributed by atoms with Gasteiger partial charge in [0.25, 0.3) is 0 Å². The number of hydrogen-bond donors (Lipinski definition) is 1. The third-order valence-electron chi connectivity index (χ3n) is 2.12. The predicted molar refractivity (Wildman–Crippen MR) is 45.5 cm³/mol. The van der Waals surface area contributed by atoms with Gasteiger partial charge in [0.2, 0.25) is 0 Å². The summed E-state index contributed by atoms with van der Waals surface area (Å²) in [5.41, 5.74) is 0. The number of ether oxygens (including phenoxy) is 2. The first kappa shape index (κ1) is 7.68. The Morgan fingerprint density at radius 3 is 2.83 bits per heavy atom. The van der Waals surface area contributed by atoms with Gasteiger partial charge in [0.05, 0.1) is 0 Å². The van der Waals surface area contributed by atoms with E-state index in [0.717, 1.165) is 17.9 Å². The second-order valence-electron chi connectivity index (χ2n) is 2.93. The Kier molecular flexibility index (Phi) is 2.04. The molecule has 0 aromatic heterocycles. The van der Waals surface area contributed by atoms with Crippen LogP contribution in [0.25, 0.3) is 0 Å². The van der Waals surface area contributed by atoms with Crippen molar-refractivity contribution in [2.45, 2.75) is 12.5 Å². The molecule has 1 aliphatic carbocycles. The molecule has 3 heteroatoms. The average molecular weight is 167 g/mol. The first-order chi connectivity index (χ1) is 5.90. The molecule has 1 unspecified atom stereocenters. The van der Waals surface area contributed by atoms with E-state index >= 15 is 0 Å². The van der Waals surface area contributed by atoms with Crippen molar-refractivity contribution in [3.63, 3.8) is 0 Å². The number of hydrogen-bond acceptors (Lipinski definition) is 3. The number of fused-ring (bicyclic) bond motifs is 1. The van der Waals surface area contributed by atoms with E-state index in [4.69, 9.17) is 9.47 Å². The molecule has 0 radical (unpaired) electrons. The highest BCUT2D eigenvalue weighted by atomic mass is 16.6. The predicted octanol–water partition coefficient (Wildman–Crippen LogP) is 0.793. The van der Waals surface area contributed by atoms with Gasteiger partial charge in [-0.25, -0.2) is 0 Å². The Labute approximate surface area is 72.0 Å². The Morgan fingerprint density at radius 2 is 2.08 bits per heavy atom. The van der Waals surface area contributed by atoms with Crippen molar-refractivity contribution in [3.8, 4) is 0 Å². The van der Waals surface area contributed by atoms with E-state index in [2.05, 4.69) is 17.5 Å². The van der Waals surface area contributed by atoms with Crippen LogP contribution in [0, 0.1) is 0 Å². The highest BCUT2D eigenvalue weighted by Crippen LogP contribution is 2.23. The molecular weight excluding hydrogens is 154 g/mol. The van der Waals surface area contributed by atoms with Crippen molar-refractivity contribution >= 4 is 0 Å². The van der Waals surface area contributed by atoms with Gasteiger partial charge in [-0.2, -0.15) is 0 Å². The first-order valence-corrected chi connectivity index (χ1v) is 4.25. The van der Waals surface area contributed by atoms with Crippen LogP contribution in [0.3, 0.4) is 0 Å². The van der Waals surface area contributed by atoms with Crippen molar-refractivity contribution in [1.82, 2.24) is 5.32 Å². The molecule has 12 heavy (non-hydrogen) atoms. The Morgan fingerprint density at radius 1 is 1.33 bits per heavy atom. The second-order valence-corrected chi connectivity index (χ2v) is 2.93. The summed E-state index contributed by atoms with van der Waals surface area (Å²) in [6.07, 6.45) is 5.14. The van der Waals surface area contributed by atoms with E-state index in [1.807, 2.05) is 7.05 Å². The van der Waals surface area contributed by atoms with Gasteiger partial charge in [-0.15, -0.1) is 0 Å². The SMILES string of the molecule is CNC1C=C2OCCOC2=CC1. The zero-order valence-electron chi connectivity index (χ0n) is 7.17. The first-order valence-electron chi connectivity index (χ1n) is 4.25. The van der Waals surface area contributed by atoms with Crippen LogP contribution in [0.4, 0.5) is 0 Å². The Balaban J connectivity index is 2.13. The van der Waals surface area contributed by atoms with E-state index in [0.29, 0.717) is 19.3 Å².